The fourth-order valence-corrected chi connectivity index (χ4v) is 4.00. The lowest BCUT2D eigenvalue weighted by atomic mass is 9.79. The fourth-order valence-electron chi connectivity index (χ4n) is 4.00. The molecule has 0 saturated heterocycles. The van der Waals surface area contributed by atoms with Crippen molar-refractivity contribution >= 4 is 11.7 Å². The Labute approximate surface area is 163 Å². The summed E-state index contributed by atoms with van der Waals surface area (Å²) in [4.78, 5) is 16.8. The van der Waals surface area contributed by atoms with Crippen molar-refractivity contribution in [2.45, 2.75) is 31.0 Å². The summed E-state index contributed by atoms with van der Waals surface area (Å²) in [6.45, 7) is 0. The van der Waals surface area contributed by atoms with Crippen molar-refractivity contribution in [2.24, 2.45) is 0 Å². The van der Waals surface area contributed by atoms with Crippen LogP contribution in [0.2, 0.25) is 0 Å². The Morgan fingerprint density at radius 2 is 1.90 bits per heavy atom. The van der Waals surface area contributed by atoms with Crippen LogP contribution in [0.1, 0.15) is 41.9 Å². The summed E-state index contributed by atoms with van der Waals surface area (Å²) in [6, 6.07) is 11.7. The molecule has 0 spiro atoms. The number of fused-ring (bicyclic) bond motifs is 1. The quantitative estimate of drug-likeness (QED) is 0.694. The molecule has 0 bridgehead atoms. The van der Waals surface area contributed by atoms with E-state index in [1.807, 2.05) is 0 Å². The smallest absolute Gasteiger partial charge is 0.453 e. The highest BCUT2D eigenvalue weighted by Gasteiger charge is 2.43. The molecule has 0 radical (unpaired) electrons. The Morgan fingerprint density at radius 3 is 2.59 bits per heavy atom. The number of anilines is 1. The summed E-state index contributed by atoms with van der Waals surface area (Å²) in [7, 11) is 0. The van der Waals surface area contributed by atoms with E-state index in [2.05, 4.69) is 15.4 Å². The molecule has 1 aliphatic heterocycles. The zero-order chi connectivity index (χ0) is 20.2. The first-order chi connectivity index (χ1) is 13.9. The zero-order valence-electron chi connectivity index (χ0n) is 15.0. The Bertz CT molecular complexity index is 1100. The molecule has 9 heteroatoms. The predicted octanol–water partition coefficient (Wildman–Crippen LogP) is 4.31. The molecule has 0 unspecified atom stereocenters. The third-order valence-electron chi connectivity index (χ3n) is 5.23. The lowest BCUT2D eigenvalue weighted by Crippen LogP contribution is -2.33. The molecule has 29 heavy (non-hydrogen) atoms. The average Bonchev–Trinajstić information content (AvgIpc) is 3.36. The van der Waals surface area contributed by atoms with E-state index in [0.717, 1.165) is 4.68 Å². The van der Waals surface area contributed by atoms with Gasteiger partial charge in [-0.3, -0.25) is 4.79 Å². The first kappa shape index (κ1) is 17.7. The Balaban J connectivity index is 1.64. The summed E-state index contributed by atoms with van der Waals surface area (Å²) in [5.41, 5.74) is 1.65. The lowest BCUT2D eigenvalue weighted by molar-refractivity contribution is -0.145. The number of nitrogens with one attached hydrogen (secondary N) is 1. The Hall–Kier alpha value is -3.36. The number of carbonyl (C=O) groups excluding carboxylic acids is 1. The van der Waals surface area contributed by atoms with Gasteiger partial charge in [0.15, 0.2) is 5.78 Å². The van der Waals surface area contributed by atoms with Gasteiger partial charge in [-0.05, 0) is 24.1 Å². The molecule has 1 aliphatic carbocycles. The van der Waals surface area contributed by atoms with Crippen LogP contribution >= 0.6 is 0 Å². The van der Waals surface area contributed by atoms with Crippen LogP contribution in [-0.4, -0.2) is 20.5 Å². The van der Waals surface area contributed by atoms with Crippen LogP contribution in [0.25, 0.3) is 0 Å². The van der Waals surface area contributed by atoms with Crippen molar-refractivity contribution in [3.8, 4) is 0 Å². The minimum absolute atomic E-state index is 0.0298. The minimum Gasteiger partial charge on any atom is -0.469 e. The number of carbonyl (C=O) groups is 1. The third-order valence-corrected chi connectivity index (χ3v) is 5.23. The molecular formula is C20H15F3N4O2. The minimum atomic E-state index is -4.69. The average molecular weight is 400 g/mol. The molecule has 2 aliphatic rings. The number of halogens is 3. The van der Waals surface area contributed by atoms with E-state index in [0.29, 0.717) is 29.0 Å². The zero-order valence-corrected chi connectivity index (χ0v) is 15.0. The monoisotopic (exact) mass is 400 g/mol. The second-order valence-corrected chi connectivity index (χ2v) is 7.08. The molecule has 2 aromatic heterocycles. The second kappa shape index (κ2) is 6.33. The molecular weight excluding hydrogens is 385 g/mol. The van der Waals surface area contributed by atoms with Gasteiger partial charge in [0.05, 0.1) is 6.26 Å². The summed E-state index contributed by atoms with van der Waals surface area (Å²) >= 11 is 0. The highest BCUT2D eigenvalue weighted by Crippen LogP contribution is 2.44. The van der Waals surface area contributed by atoms with Crippen LogP contribution in [0, 0.1) is 0 Å². The molecule has 0 saturated carbocycles. The van der Waals surface area contributed by atoms with Gasteiger partial charge in [-0.15, -0.1) is 5.10 Å². The Morgan fingerprint density at radius 1 is 1.10 bits per heavy atom. The van der Waals surface area contributed by atoms with Gasteiger partial charge in [-0.2, -0.15) is 18.2 Å². The van der Waals surface area contributed by atoms with Crippen molar-refractivity contribution in [1.29, 1.82) is 0 Å². The van der Waals surface area contributed by atoms with Crippen LogP contribution in [0.5, 0.6) is 0 Å². The molecule has 1 aromatic carbocycles. The summed E-state index contributed by atoms with van der Waals surface area (Å²) in [6.07, 6.45) is -2.49. The van der Waals surface area contributed by atoms with Crippen molar-refractivity contribution in [3.63, 3.8) is 0 Å². The number of rotatable bonds is 2. The van der Waals surface area contributed by atoms with Crippen molar-refractivity contribution in [1.82, 2.24) is 14.8 Å². The van der Waals surface area contributed by atoms with Gasteiger partial charge in [0, 0.05) is 23.6 Å². The molecule has 0 fully saturated rings. The van der Waals surface area contributed by atoms with Gasteiger partial charge in [-0.25, -0.2) is 4.68 Å². The number of allylic oxidation sites excluding steroid dienone is 2. The normalized spacial score (nSPS) is 21.6. The van der Waals surface area contributed by atoms with Gasteiger partial charge >= 0.3 is 6.18 Å². The van der Waals surface area contributed by atoms with Crippen LogP contribution < -0.4 is 5.32 Å². The number of ketones is 1. The first-order valence-electron chi connectivity index (χ1n) is 9.07. The highest BCUT2D eigenvalue weighted by atomic mass is 19.4. The SMILES string of the molecule is O=C1C[C@@H](c2ccco2)CC2=C1[C@@H](c1ccccc1)n1nc(C(F)(F)F)nc1N2. The van der Waals surface area contributed by atoms with Crippen LogP contribution in [0.15, 0.2) is 64.4 Å². The number of Topliss-reactive ketones (excluding diaryl/α,β-unsaturated/α-hetero) is 1. The van der Waals surface area contributed by atoms with E-state index in [4.69, 9.17) is 4.42 Å². The Kier molecular flexibility index (Phi) is 3.87. The third kappa shape index (κ3) is 2.93. The molecule has 3 heterocycles. The summed E-state index contributed by atoms with van der Waals surface area (Å²) in [5.74, 6) is -0.931. The number of hydrogen-bond donors (Lipinski definition) is 1. The maximum atomic E-state index is 13.2. The molecule has 2 atom stereocenters. The largest absolute Gasteiger partial charge is 0.469 e. The highest BCUT2D eigenvalue weighted by molar-refractivity contribution is 6.00. The van der Waals surface area contributed by atoms with Crippen molar-refractivity contribution in [2.75, 3.05) is 5.32 Å². The number of aromatic nitrogens is 3. The predicted molar refractivity (Wildman–Crippen MR) is 95.9 cm³/mol. The van der Waals surface area contributed by atoms with Gasteiger partial charge in [0.2, 0.25) is 5.95 Å². The number of nitrogens with zero attached hydrogens (tertiary/aromatic N) is 3. The maximum absolute atomic E-state index is 13.2. The lowest BCUT2D eigenvalue weighted by Gasteiger charge is -2.34. The van der Waals surface area contributed by atoms with Gasteiger partial charge in [-0.1, -0.05) is 30.3 Å². The molecule has 148 valence electrons. The standard InChI is InChI=1S/C20H15F3N4O2/c21-20(22,23)18-25-19-24-13-9-12(15-7-4-8-29-15)10-14(28)16(13)17(27(19)26-18)11-5-2-1-3-6-11/h1-8,12,17H,9-10H2,(H,24,25,26)/t12-,17+/m0/s1. The molecule has 0 amide bonds. The van der Waals surface area contributed by atoms with Crippen molar-refractivity contribution < 1.29 is 22.4 Å². The van der Waals surface area contributed by atoms with E-state index in [1.54, 1.807) is 42.5 Å². The van der Waals surface area contributed by atoms with Gasteiger partial charge in [0.1, 0.15) is 11.8 Å². The van der Waals surface area contributed by atoms with Crippen LogP contribution in [0.4, 0.5) is 19.1 Å². The van der Waals surface area contributed by atoms with Crippen molar-refractivity contribution in [3.05, 3.63) is 77.1 Å². The first-order valence-corrected chi connectivity index (χ1v) is 9.07. The van der Waals surface area contributed by atoms with E-state index in [-0.39, 0.29) is 24.1 Å². The molecule has 1 N–H and O–H groups in total. The summed E-state index contributed by atoms with van der Waals surface area (Å²) in [5, 5.41) is 6.61. The molecule has 6 nitrogen and oxygen atoms in total. The van der Waals surface area contributed by atoms with Crippen LogP contribution in [0.3, 0.4) is 0 Å². The number of benzene rings is 1. The number of furan rings is 1. The van der Waals surface area contributed by atoms with E-state index >= 15 is 0 Å². The fraction of sp³-hybridized carbons (Fsp3) is 0.250. The number of hydrogen-bond acceptors (Lipinski definition) is 5. The van der Waals surface area contributed by atoms with Gasteiger partial charge < -0.3 is 9.73 Å². The van der Waals surface area contributed by atoms with Gasteiger partial charge in [0.25, 0.3) is 5.82 Å². The molecule has 3 aromatic rings. The van der Waals surface area contributed by atoms with E-state index < -0.39 is 18.0 Å². The maximum Gasteiger partial charge on any atom is 0.453 e. The topological polar surface area (TPSA) is 73.0 Å². The van der Waals surface area contributed by atoms with E-state index in [9.17, 15) is 18.0 Å². The van der Waals surface area contributed by atoms with Crippen LogP contribution in [-0.2, 0) is 11.0 Å². The number of alkyl halides is 3. The summed E-state index contributed by atoms with van der Waals surface area (Å²) < 4.78 is 46.3. The second-order valence-electron chi connectivity index (χ2n) is 7.08. The molecule has 5 rings (SSSR count). The van der Waals surface area contributed by atoms with E-state index in [1.165, 1.54) is 6.26 Å².